The predicted octanol–water partition coefficient (Wildman–Crippen LogP) is 3.30. The number of aryl methyl sites for hydroxylation is 1. The van der Waals surface area contributed by atoms with Crippen LogP contribution in [0.15, 0.2) is 12.1 Å². The first kappa shape index (κ1) is 14.2. The van der Waals surface area contributed by atoms with Gasteiger partial charge in [-0.05, 0) is 35.4 Å². The van der Waals surface area contributed by atoms with Crippen LogP contribution in [0.4, 0.5) is 0 Å². The quantitative estimate of drug-likeness (QED) is 0.782. The summed E-state index contributed by atoms with van der Waals surface area (Å²) in [5, 5.41) is 0.578. The molecule has 0 aliphatic carbocycles. The molecule has 0 N–H and O–H groups in total. The van der Waals surface area contributed by atoms with Crippen molar-refractivity contribution in [2.45, 2.75) is 31.7 Å². The van der Waals surface area contributed by atoms with E-state index in [2.05, 4.69) is 13.0 Å². The van der Waals surface area contributed by atoms with E-state index in [1.165, 1.54) is 5.56 Å². The summed E-state index contributed by atoms with van der Waals surface area (Å²) in [6, 6.07) is 4.24. The molecule has 20 heavy (non-hydrogen) atoms. The van der Waals surface area contributed by atoms with Crippen molar-refractivity contribution in [1.29, 1.82) is 0 Å². The number of hydrogen-bond acceptors (Lipinski definition) is 2. The van der Waals surface area contributed by atoms with Crippen molar-refractivity contribution in [2.24, 2.45) is 0 Å². The number of fused-ring (bicyclic) bond motifs is 3. The highest BCUT2D eigenvalue weighted by Crippen LogP contribution is 2.41. The van der Waals surface area contributed by atoms with E-state index in [-0.39, 0.29) is 17.9 Å². The maximum Gasteiger partial charge on any atom is 0.255 e. The predicted molar refractivity (Wildman–Crippen MR) is 81.5 cm³/mol. The Balaban J connectivity index is 2.13. The summed E-state index contributed by atoms with van der Waals surface area (Å²) in [6.45, 7) is 3.62. The first-order chi connectivity index (χ1) is 9.52. The van der Waals surface area contributed by atoms with Gasteiger partial charge in [-0.15, -0.1) is 0 Å². The lowest BCUT2D eigenvalue weighted by Crippen LogP contribution is -2.45. The zero-order valence-electron chi connectivity index (χ0n) is 11.7. The molecule has 0 bridgehead atoms. The van der Waals surface area contributed by atoms with Crippen molar-refractivity contribution < 1.29 is 4.79 Å². The lowest BCUT2D eigenvalue weighted by molar-refractivity contribution is 0.0703. The number of benzene rings is 1. The normalized spacial score (nSPS) is 25.8. The third-order valence-corrected chi connectivity index (χ3v) is 4.97. The first-order valence-electron chi connectivity index (χ1n) is 7.03. The summed E-state index contributed by atoms with van der Waals surface area (Å²) in [7, 11) is 1.84. The molecule has 2 heterocycles. The van der Waals surface area contributed by atoms with E-state index in [4.69, 9.17) is 23.4 Å². The van der Waals surface area contributed by atoms with Crippen molar-refractivity contribution in [3.8, 4) is 0 Å². The van der Waals surface area contributed by atoms with Crippen LogP contribution in [0.2, 0.25) is 5.02 Å². The number of hydrogen-bond donors (Lipinski definition) is 0. The molecule has 108 valence electrons. The smallest absolute Gasteiger partial charge is 0.255 e. The van der Waals surface area contributed by atoms with Crippen molar-refractivity contribution in [1.82, 2.24) is 9.32 Å². The van der Waals surface area contributed by atoms with Crippen molar-refractivity contribution in [3.63, 3.8) is 0 Å². The second kappa shape index (κ2) is 5.21. The fraction of sp³-hybridized carbons (Fsp3) is 0.533. The second-order valence-electron chi connectivity index (χ2n) is 5.71. The Morgan fingerprint density at radius 3 is 2.80 bits per heavy atom. The summed E-state index contributed by atoms with van der Waals surface area (Å²) in [4.78, 5) is 14.3. The van der Waals surface area contributed by atoms with Crippen LogP contribution in [-0.2, 0) is 6.42 Å². The van der Waals surface area contributed by atoms with Crippen LogP contribution in [-0.4, -0.2) is 41.4 Å². The summed E-state index contributed by atoms with van der Waals surface area (Å²) >= 11 is 12.5. The molecule has 1 saturated heterocycles. The molecular formula is C15H18Cl2N2O. The number of rotatable bonds is 2. The van der Waals surface area contributed by atoms with E-state index in [9.17, 15) is 4.79 Å². The van der Waals surface area contributed by atoms with Crippen LogP contribution in [0.25, 0.3) is 0 Å². The highest BCUT2D eigenvalue weighted by Gasteiger charge is 2.44. The van der Waals surface area contributed by atoms with Crippen LogP contribution in [0.5, 0.6) is 0 Å². The van der Waals surface area contributed by atoms with Crippen LogP contribution in [0.1, 0.15) is 40.7 Å². The molecule has 0 radical (unpaired) electrons. The van der Waals surface area contributed by atoms with E-state index in [1.807, 2.05) is 13.1 Å². The Morgan fingerprint density at radius 1 is 1.35 bits per heavy atom. The molecule has 3 rings (SSSR count). The molecule has 3 nitrogen and oxygen atoms in total. The van der Waals surface area contributed by atoms with Gasteiger partial charge in [0.2, 0.25) is 0 Å². The third-order valence-electron chi connectivity index (χ3n) is 4.39. The summed E-state index contributed by atoms with van der Waals surface area (Å²) in [5.74, 6) is 0.278. The molecule has 0 spiro atoms. The van der Waals surface area contributed by atoms with Gasteiger partial charge in [-0.25, -0.2) is 4.42 Å². The molecule has 1 amide bonds. The summed E-state index contributed by atoms with van der Waals surface area (Å²) < 4.78 is 1.77. The average molecular weight is 313 g/mol. The van der Waals surface area contributed by atoms with Crippen molar-refractivity contribution in [2.75, 3.05) is 20.1 Å². The van der Waals surface area contributed by atoms with Crippen LogP contribution in [0.3, 0.4) is 0 Å². The van der Waals surface area contributed by atoms with E-state index in [0.717, 1.165) is 24.9 Å². The van der Waals surface area contributed by atoms with Crippen molar-refractivity contribution >= 4 is 29.3 Å². The summed E-state index contributed by atoms with van der Waals surface area (Å²) in [5.41, 5.74) is 2.96. The standard InChI is InChI=1S/C15H18Cl2N2O/c1-3-4-9-5-10-11-7-19(17)8-13(11)18(2)15(20)14(10)12(16)6-9/h5-6,11,13H,3-4,7-8H2,1-2H3/t11-,13+/m0/s1. The Labute approximate surface area is 129 Å². The van der Waals surface area contributed by atoms with Crippen LogP contribution < -0.4 is 0 Å². The highest BCUT2D eigenvalue weighted by molar-refractivity contribution is 6.34. The first-order valence-corrected chi connectivity index (χ1v) is 7.74. The topological polar surface area (TPSA) is 23.6 Å². The SMILES string of the molecule is CCCc1cc(Cl)c2c(c1)[C@@H]1CN(Cl)C[C@H]1N(C)C2=O. The Kier molecular flexibility index (Phi) is 3.69. The van der Waals surface area contributed by atoms with Gasteiger partial charge in [0, 0.05) is 26.1 Å². The van der Waals surface area contributed by atoms with Crippen molar-refractivity contribution in [3.05, 3.63) is 33.8 Å². The van der Waals surface area contributed by atoms with Gasteiger partial charge >= 0.3 is 0 Å². The molecule has 1 fully saturated rings. The van der Waals surface area contributed by atoms with E-state index >= 15 is 0 Å². The van der Waals surface area contributed by atoms with E-state index < -0.39 is 0 Å². The van der Waals surface area contributed by atoms with Gasteiger partial charge in [0.15, 0.2) is 0 Å². The minimum absolute atomic E-state index is 0.0151. The Morgan fingerprint density at radius 2 is 2.10 bits per heavy atom. The van der Waals surface area contributed by atoms with Gasteiger partial charge in [-0.3, -0.25) is 4.79 Å². The molecule has 0 unspecified atom stereocenters. The number of amides is 1. The molecule has 2 aliphatic heterocycles. The minimum atomic E-state index is 0.0151. The molecule has 2 atom stereocenters. The number of carbonyl (C=O) groups excluding carboxylic acids is 1. The molecule has 1 aromatic carbocycles. The number of halogens is 2. The molecular weight excluding hydrogens is 295 g/mol. The molecule has 5 heteroatoms. The monoisotopic (exact) mass is 312 g/mol. The molecule has 1 aromatic rings. The zero-order chi connectivity index (χ0) is 14.4. The molecule has 0 saturated carbocycles. The highest BCUT2D eigenvalue weighted by atomic mass is 35.5. The zero-order valence-corrected chi connectivity index (χ0v) is 13.2. The van der Waals surface area contributed by atoms with Gasteiger partial charge in [-0.2, -0.15) is 0 Å². The minimum Gasteiger partial charge on any atom is -0.337 e. The number of carbonyl (C=O) groups is 1. The van der Waals surface area contributed by atoms with Gasteiger partial charge in [0.25, 0.3) is 5.91 Å². The van der Waals surface area contributed by atoms with Gasteiger partial charge in [-0.1, -0.05) is 31.0 Å². The van der Waals surface area contributed by atoms with E-state index in [1.54, 1.807) is 9.32 Å². The maximum absolute atomic E-state index is 12.5. The second-order valence-corrected chi connectivity index (χ2v) is 6.59. The fourth-order valence-electron chi connectivity index (χ4n) is 3.40. The Hall–Kier alpha value is -0.770. The lowest BCUT2D eigenvalue weighted by atomic mass is 9.84. The average Bonchev–Trinajstić information content (AvgIpc) is 2.78. The van der Waals surface area contributed by atoms with E-state index in [0.29, 0.717) is 17.1 Å². The summed E-state index contributed by atoms with van der Waals surface area (Å²) in [6.07, 6.45) is 2.05. The Bertz CT molecular complexity index is 561. The van der Waals surface area contributed by atoms with Crippen LogP contribution >= 0.6 is 23.4 Å². The van der Waals surface area contributed by atoms with Gasteiger partial charge < -0.3 is 4.90 Å². The fourth-order valence-corrected chi connectivity index (χ4v) is 4.02. The third kappa shape index (κ3) is 2.12. The maximum atomic E-state index is 12.5. The van der Waals surface area contributed by atoms with Crippen LogP contribution in [0, 0.1) is 0 Å². The number of likely N-dealkylation sites (N-methyl/N-ethyl adjacent to an activating group) is 1. The molecule has 2 aliphatic rings. The van der Waals surface area contributed by atoms with Gasteiger partial charge in [0.1, 0.15) is 0 Å². The largest absolute Gasteiger partial charge is 0.337 e. The van der Waals surface area contributed by atoms with Gasteiger partial charge in [0.05, 0.1) is 16.6 Å². The number of nitrogens with zero attached hydrogens (tertiary/aromatic N) is 2. The lowest BCUT2D eigenvalue weighted by Gasteiger charge is -2.36. The molecule has 0 aromatic heterocycles.